The fourth-order valence-electron chi connectivity index (χ4n) is 3.35. The van der Waals surface area contributed by atoms with Gasteiger partial charge in [0.25, 0.3) is 0 Å². The zero-order valence-corrected chi connectivity index (χ0v) is 18.3. The van der Waals surface area contributed by atoms with Gasteiger partial charge >= 0.3 is 18.9 Å². The minimum Gasteiger partial charge on any atom is -0.543 e. The molecule has 8 heteroatoms. The number of aromatic nitrogens is 2. The largest absolute Gasteiger partial charge is 1.00 e. The van der Waals surface area contributed by atoms with E-state index in [9.17, 15) is 9.90 Å². The fraction of sp³-hybridized carbons (Fsp3) is 0.0435. The van der Waals surface area contributed by atoms with Gasteiger partial charge < -0.3 is 14.6 Å². The number of carboxylic acids is 1. The standard InChI is InChI=1S/C23H16Cl2N2O3.Li/c1-30-19-11-10-16(25)13-18(19)20-21(23(28)29)26-27(17-8-3-2-4-9-17)22(20)14-6-5-7-15(24)12-14;/h2-13H,1H3,(H,28,29);/q;+1/p-1. The Morgan fingerprint density at radius 2 is 1.68 bits per heavy atom. The van der Waals surface area contributed by atoms with Gasteiger partial charge in [-0.05, 0) is 42.5 Å². The molecular weight excluding hydrogens is 430 g/mol. The zero-order chi connectivity index (χ0) is 21.3. The number of nitrogens with zero attached hydrogens (tertiary/aromatic N) is 2. The number of carboxylic acid groups (broad SMARTS) is 1. The molecule has 1 heterocycles. The van der Waals surface area contributed by atoms with Crippen molar-refractivity contribution in [1.29, 1.82) is 0 Å². The fourth-order valence-corrected chi connectivity index (χ4v) is 3.71. The summed E-state index contributed by atoms with van der Waals surface area (Å²) in [7, 11) is 1.51. The van der Waals surface area contributed by atoms with Crippen LogP contribution in [0.15, 0.2) is 72.8 Å². The zero-order valence-electron chi connectivity index (χ0n) is 16.8. The maximum atomic E-state index is 12.1. The van der Waals surface area contributed by atoms with Crippen molar-refractivity contribution in [3.8, 4) is 33.8 Å². The molecule has 0 aliphatic carbocycles. The van der Waals surface area contributed by atoms with Crippen LogP contribution >= 0.6 is 23.2 Å². The van der Waals surface area contributed by atoms with Crippen LogP contribution in [0.2, 0.25) is 10.0 Å². The van der Waals surface area contributed by atoms with E-state index in [0.29, 0.717) is 43.9 Å². The molecule has 150 valence electrons. The second-order valence-corrected chi connectivity index (χ2v) is 7.33. The molecule has 4 aromatic rings. The number of carbonyl (C=O) groups excluding carboxylic acids is 1. The van der Waals surface area contributed by atoms with E-state index in [-0.39, 0.29) is 24.6 Å². The van der Waals surface area contributed by atoms with Crippen LogP contribution in [0, 0.1) is 0 Å². The van der Waals surface area contributed by atoms with Crippen LogP contribution < -0.4 is 28.7 Å². The third-order valence-corrected chi connectivity index (χ3v) is 5.08. The van der Waals surface area contributed by atoms with Crippen molar-refractivity contribution in [3.05, 3.63) is 88.5 Å². The Kier molecular flexibility index (Phi) is 7.14. The number of ether oxygens (including phenoxy) is 1. The third kappa shape index (κ3) is 4.51. The van der Waals surface area contributed by atoms with Crippen LogP contribution in [-0.2, 0) is 0 Å². The van der Waals surface area contributed by atoms with Gasteiger partial charge in [0.1, 0.15) is 11.4 Å². The molecule has 4 rings (SSSR count). The molecule has 5 nitrogen and oxygen atoms in total. The molecule has 0 atom stereocenters. The maximum Gasteiger partial charge on any atom is 1.00 e. The summed E-state index contributed by atoms with van der Waals surface area (Å²) in [6, 6.07) is 21.3. The Morgan fingerprint density at radius 3 is 2.32 bits per heavy atom. The Bertz CT molecular complexity index is 1240. The number of rotatable bonds is 5. The van der Waals surface area contributed by atoms with Crippen molar-refractivity contribution in [2.24, 2.45) is 0 Å². The Morgan fingerprint density at radius 1 is 0.968 bits per heavy atom. The molecule has 0 aliphatic heterocycles. The van der Waals surface area contributed by atoms with Gasteiger partial charge in [-0.2, -0.15) is 5.10 Å². The van der Waals surface area contributed by atoms with Gasteiger partial charge in [0.15, 0.2) is 0 Å². The maximum absolute atomic E-state index is 12.1. The minimum atomic E-state index is -1.41. The molecule has 0 saturated heterocycles. The summed E-state index contributed by atoms with van der Waals surface area (Å²) in [5.41, 5.74) is 2.49. The van der Waals surface area contributed by atoms with Crippen molar-refractivity contribution in [3.63, 3.8) is 0 Å². The van der Waals surface area contributed by atoms with Crippen LogP contribution in [-0.4, -0.2) is 22.9 Å². The SMILES string of the molecule is COc1ccc(Cl)cc1-c1c(C(=O)[O-])nn(-c2ccccc2)c1-c1cccc(Cl)c1.[Li+]. The van der Waals surface area contributed by atoms with Gasteiger partial charge in [0.05, 0.1) is 24.5 Å². The molecular formula is C23H15Cl2LiN2O3. The number of methoxy groups -OCH3 is 1. The molecule has 0 saturated carbocycles. The smallest absolute Gasteiger partial charge is 0.543 e. The first-order valence-electron chi connectivity index (χ1n) is 8.99. The average molecular weight is 445 g/mol. The molecule has 0 aliphatic rings. The van der Waals surface area contributed by atoms with E-state index in [0.717, 1.165) is 0 Å². The molecule has 0 unspecified atom stereocenters. The predicted octanol–water partition coefficient (Wildman–Crippen LogP) is 1.89. The van der Waals surface area contributed by atoms with Gasteiger partial charge in [0.2, 0.25) is 0 Å². The molecule has 1 aromatic heterocycles. The average Bonchev–Trinajstić information content (AvgIpc) is 3.15. The summed E-state index contributed by atoms with van der Waals surface area (Å²) >= 11 is 12.5. The first-order chi connectivity index (χ1) is 14.5. The summed E-state index contributed by atoms with van der Waals surface area (Å²) in [6.45, 7) is 0. The Balaban J connectivity index is 0.00000272. The summed E-state index contributed by atoms with van der Waals surface area (Å²) in [5.74, 6) is -0.956. The van der Waals surface area contributed by atoms with E-state index in [2.05, 4.69) is 5.10 Å². The summed E-state index contributed by atoms with van der Waals surface area (Å²) in [5, 5.41) is 17.4. The van der Waals surface area contributed by atoms with Crippen LogP contribution in [0.5, 0.6) is 5.75 Å². The molecule has 0 radical (unpaired) electrons. The van der Waals surface area contributed by atoms with E-state index >= 15 is 0 Å². The first kappa shape index (κ1) is 23.0. The van der Waals surface area contributed by atoms with Gasteiger partial charge in [-0.25, -0.2) is 4.68 Å². The van der Waals surface area contributed by atoms with Crippen LogP contribution in [0.25, 0.3) is 28.1 Å². The molecule has 0 bridgehead atoms. The third-order valence-electron chi connectivity index (χ3n) is 4.61. The van der Waals surface area contributed by atoms with Crippen molar-refractivity contribution in [2.45, 2.75) is 0 Å². The van der Waals surface area contributed by atoms with Crippen LogP contribution in [0.3, 0.4) is 0 Å². The molecule has 31 heavy (non-hydrogen) atoms. The summed E-state index contributed by atoms with van der Waals surface area (Å²) in [4.78, 5) is 12.1. The van der Waals surface area contributed by atoms with Crippen molar-refractivity contribution in [1.82, 2.24) is 9.78 Å². The molecule has 0 N–H and O–H groups in total. The number of benzene rings is 3. The summed E-state index contributed by atoms with van der Waals surface area (Å²) < 4.78 is 7.05. The number of aromatic carboxylic acids is 1. The summed E-state index contributed by atoms with van der Waals surface area (Å²) in [6.07, 6.45) is 0. The molecule has 0 amide bonds. The monoisotopic (exact) mass is 444 g/mol. The minimum absolute atomic E-state index is 0. The van der Waals surface area contributed by atoms with Crippen molar-refractivity contribution in [2.75, 3.05) is 7.11 Å². The number of halogens is 2. The van der Waals surface area contributed by atoms with Crippen molar-refractivity contribution >= 4 is 29.2 Å². The number of para-hydroxylation sites is 1. The second kappa shape index (κ2) is 9.63. The van der Waals surface area contributed by atoms with Gasteiger partial charge in [0, 0.05) is 26.7 Å². The van der Waals surface area contributed by atoms with E-state index in [1.165, 1.54) is 7.11 Å². The van der Waals surface area contributed by atoms with E-state index < -0.39 is 5.97 Å². The quantitative estimate of drug-likeness (QED) is 0.441. The molecule has 0 spiro atoms. The molecule has 3 aromatic carbocycles. The number of hydrogen-bond acceptors (Lipinski definition) is 4. The van der Waals surface area contributed by atoms with Crippen molar-refractivity contribution < 1.29 is 33.5 Å². The second-order valence-electron chi connectivity index (χ2n) is 6.46. The number of hydrogen-bond donors (Lipinski definition) is 0. The molecule has 0 fully saturated rings. The van der Waals surface area contributed by atoms with Crippen LogP contribution in [0.1, 0.15) is 10.5 Å². The van der Waals surface area contributed by atoms with E-state index in [4.69, 9.17) is 27.9 Å². The normalized spacial score (nSPS) is 10.4. The van der Waals surface area contributed by atoms with E-state index in [1.54, 1.807) is 41.1 Å². The first-order valence-corrected chi connectivity index (χ1v) is 9.75. The predicted molar refractivity (Wildman–Crippen MR) is 115 cm³/mol. The topological polar surface area (TPSA) is 67.2 Å². The Hall–Kier alpha value is -2.68. The van der Waals surface area contributed by atoms with Gasteiger partial charge in [-0.3, -0.25) is 0 Å². The van der Waals surface area contributed by atoms with Gasteiger partial charge in [-0.15, -0.1) is 0 Å². The van der Waals surface area contributed by atoms with Crippen LogP contribution in [0.4, 0.5) is 0 Å². The number of carbonyl (C=O) groups is 1. The van der Waals surface area contributed by atoms with Gasteiger partial charge in [-0.1, -0.05) is 53.5 Å². The van der Waals surface area contributed by atoms with E-state index in [1.807, 2.05) is 36.4 Å². The Labute approximate surface area is 201 Å².